The van der Waals surface area contributed by atoms with Crippen molar-refractivity contribution in [2.24, 2.45) is 0 Å². The Bertz CT molecular complexity index is 412. The molecule has 1 heterocycles. The van der Waals surface area contributed by atoms with E-state index in [0.29, 0.717) is 12.1 Å². The van der Waals surface area contributed by atoms with Gasteiger partial charge in [0.2, 0.25) is 0 Å². The third kappa shape index (κ3) is 2.90. The van der Waals surface area contributed by atoms with E-state index in [1.165, 1.54) is 18.4 Å². The fourth-order valence-electron chi connectivity index (χ4n) is 2.57. The average molecular weight is 243 g/mol. The lowest BCUT2D eigenvalue weighted by Crippen LogP contribution is -2.45. The first-order valence-electron chi connectivity index (χ1n) is 6.65. The summed E-state index contributed by atoms with van der Waals surface area (Å²) in [5.74, 6) is 0. The minimum absolute atomic E-state index is 0.391. The second kappa shape index (κ2) is 5.99. The van der Waals surface area contributed by atoms with E-state index in [2.05, 4.69) is 42.4 Å². The van der Waals surface area contributed by atoms with Crippen molar-refractivity contribution in [2.75, 3.05) is 20.1 Å². The number of nitrogens with zero attached hydrogens (tertiary/aromatic N) is 2. The van der Waals surface area contributed by atoms with Gasteiger partial charge in [0.05, 0.1) is 11.6 Å². The summed E-state index contributed by atoms with van der Waals surface area (Å²) in [6.07, 6.45) is 2.53. The topological polar surface area (TPSA) is 39.1 Å². The molecule has 1 aliphatic heterocycles. The Morgan fingerprint density at radius 2 is 2.11 bits per heavy atom. The number of benzene rings is 1. The summed E-state index contributed by atoms with van der Waals surface area (Å²) >= 11 is 0. The highest BCUT2D eigenvalue weighted by Crippen LogP contribution is 2.23. The summed E-state index contributed by atoms with van der Waals surface area (Å²) in [5.41, 5.74) is 2.01. The molecular formula is C15H21N3. The number of hydrogen-bond acceptors (Lipinski definition) is 3. The number of piperidine rings is 1. The quantitative estimate of drug-likeness (QED) is 0.885. The third-order valence-corrected chi connectivity index (χ3v) is 3.98. The summed E-state index contributed by atoms with van der Waals surface area (Å²) < 4.78 is 0. The van der Waals surface area contributed by atoms with Gasteiger partial charge >= 0.3 is 0 Å². The number of nitrogens with one attached hydrogen (secondary N) is 1. The van der Waals surface area contributed by atoms with Gasteiger partial charge in [0.15, 0.2) is 0 Å². The first-order valence-corrected chi connectivity index (χ1v) is 6.65. The number of likely N-dealkylation sites (N-methyl/N-ethyl adjacent to an activating group) is 1. The van der Waals surface area contributed by atoms with Crippen molar-refractivity contribution in [3.8, 4) is 6.07 Å². The largest absolute Gasteiger partial charge is 0.315 e. The molecule has 1 aliphatic rings. The van der Waals surface area contributed by atoms with Crippen molar-refractivity contribution in [3.05, 3.63) is 35.4 Å². The second-order valence-electron chi connectivity index (χ2n) is 5.08. The van der Waals surface area contributed by atoms with Crippen molar-refractivity contribution in [1.29, 1.82) is 5.26 Å². The van der Waals surface area contributed by atoms with E-state index in [-0.39, 0.29) is 0 Å². The van der Waals surface area contributed by atoms with E-state index < -0.39 is 0 Å². The molecule has 1 saturated heterocycles. The van der Waals surface area contributed by atoms with E-state index in [1.807, 2.05) is 12.1 Å². The Labute approximate surface area is 109 Å². The normalized spacial score (nSPS) is 21.6. The number of nitriles is 1. The Balaban J connectivity index is 2.04. The molecule has 1 aromatic rings. The van der Waals surface area contributed by atoms with Crippen molar-refractivity contribution in [2.45, 2.75) is 31.8 Å². The summed E-state index contributed by atoms with van der Waals surface area (Å²) in [6, 6.07) is 11.1. The Morgan fingerprint density at radius 3 is 2.67 bits per heavy atom. The predicted octanol–water partition coefficient (Wildman–Crippen LogP) is 2.30. The maximum Gasteiger partial charge on any atom is 0.0991 e. The van der Waals surface area contributed by atoms with Crippen LogP contribution in [0.3, 0.4) is 0 Å². The summed E-state index contributed by atoms with van der Waals surface area (Å²) in [4.78, 5) is 2.44. The van der Waals surface area contributed by atoms with Gasteiger partial charge in [0.25, 0.3) is 0 Å². The maximum absolute atomic E-state index is 8.81. The molecule has 3 nitrogen and oxygen atoms in total. The Morgan fingerprint density at radius 1 is 1.39 bits per heavy atom. The molecule has 0 aliphatic carbocycles. The van der Waals surface area contributed by atoms with Crippen molar-refractivity contribution < 1.29 is 0 Å². The van der Waals surface area contributed by atoms with Gasteiger partial charge in [-0.2, -0.15) is 5.26 Å². The van der Waals surface area contributed by atoms with Crippen LogP contribution in [0.25, 0.3) is 0 Å². The SMILES string of the molecule is CC(c1ccc(C#N)cc1)N(C)C1CCCNC1. The van der Waals surface area contributed by atoms with E-state index in [4.69, 9.17) is 5.26 Å². The van der Waals surface area contributed by atoms with E-state index in [9.17, 15) is 0 Å². The molecular weight excluding hydrogens is 222 g/mol. The van der Waals surface area contributed by atoms with Crippen LogP contribution in [0.15, 0.2) is 24.3 Å². The van der Waals surface area contributed by atoms with Gasteiger partial charge < -0.3 is 5.32 Å². The molecule has 3 heteroatoms. The van der Waals surface area contributed by atoms with Crippen LogP contribution in [0.1, 0.15) is 36.9 Å². The molecule has 2 rings (SSSR count). The van der Waals surface area contributed by atoms with Gasteiger partial charge in [-0.05, 0) is 51.1 Å². The first kappa shape index (κ1) is 13.1. The van der Waals surface area contributed by atoms with Crippen LogP contribution < -0.4 is 5.32 Å². The van der Waals surface area contributed by atoms with Crippen LogP contribution in [0, 0.1) is 11.3 Å². The summed E-state index contributed by atoms with van der Waals surface area (Å²) in [6.45, 7) is 4.46. The van der Waals surface area contributed by atoms with E-state index in [0.717, 1.165) is 18.7 Å². The monoisotopic (exact) mass is 243 g/mol. The lowest BCUT2D eigenvalue weighted by molar-refractivity contribution is 0.156. The minimum atomic E-state index is 0.391. The Hall–Kier alpha value is -1.37. The first-order chi connectivity index (χ1) is 8.72. The molecule has 2 unspecified atom stereocenters. The van der Waals surface area contributed by atoms with Gasteiger partial charge in [-0.3, -0.25) is 4.90 Å². The highest BCUT2D eigenvalue weighted by Gasteiger charge is 2.22. The third-order valence-electron chi connectivity index (χ3n) is 3.98. The van der Waals surface area contributed by atoms with Gasteiger partial charge in [-0.25, -0.2) is 0 Å². The maximum atomic E-state index is 8.81. The zero-order valence-corrected chi connectivity index (χ0v) is 11.2. The highest BCUT2D eigenvalue weighted by atomic mass is 15.2. The molecule has 96 valence electrons. The smallest absolute Gasteiger partial charge is 0.0991 e. The molecule has 0 radical (unpaired) electrons. The van der Waals surface area contributed by atoms with Gasteiger partial charge in [0, 0.05) is 18.6 Å². The zero-order valence-electron chi connectivity index (χ0n) is 11.2. The van der Waals surface area contributed by atoms with E-state index in [1.54, 1.807) is 0 Å². The molecule has 0 saturated carbocycles. The molecule has 0 bridgehead atoms. The average Bonchev–Trinajstić information content (AvgIpc) is 2.47. The molecule has 0 amide bonds. The van der Waals surface area contributed by atoms with Crippen LogP contribution in [0.5, 0.6) is 0 Å². The fraction of sp³-hybridized carbons (Fsp3) is 0.533. The van der Waals surface area contributed by atoms with Crippen molar-refractivity contribution in [3.63, 3.8) is 0 Å². The second-order valence-corrected chi connectivity index (χ2v) is 5.08. The standard InChI is InChI=1S/C15H21N3/c1-12(14-7-5-13(10-16)6-8-14)18(2)15-4-3-9-17-11-15/h5-8,12,15,17H,3-4,9,11H2,1-2H3. The van der Waals surface area contributed by atoms with Gasteiger partial charge in [-0.15, -0.1) is 0 Å². The van der Waals surface area contributed by atoms with Gasteiger partial charge in [-0.1, -0.05) is 12.1 Å². The molecule has 0 spiro atoms. The zero-order chi connectivity index (χ0) is 13.0. The van der Waals surface area contributed by atoms with Crippen LogP contribution in [-0.2, 0) is 0 Å². The lowest BCUT2D eigenvalue weighted by Gasteiger charge is -2.36. The molecule has 1 N–H and O–H groups in total. The van der Waals surface area contributed by atoms with Crippen LogP contribution in [0.4, 0.5) is 0 Å². The molecule has 0 aromatic heterocycles. The minimum Gasteiger partial charge on any atom is -0.315 e. The highest BCUT2D eigenvalue weighted by molar-refractivity contribution is 5.32. The molecule has 18 heavy (non-hydrogen) atoms. The summed E-state index contributed by atoms with van der Waals surface area (Å²) in [5, 5.41) is 12.3. The van der Waals surface area contributed by atoms with E-state index >= 15 is 0 Å². The van der Waals surface area contributed by atoms with Crippen LogP contribution >= 0.6 is 0 Å². The number of hydrogen-bond donors (Lipinski definition) is 1. The fourth-order valence-corrected chi connectivity index (χ4v) is 2.57. The Kier molecular flexibility index (Phi) is 4.35. The molecule has 1 fully saturated rings. The summed E-state index contributed by atoms with van der Waals surface area (Å²) in [7, 11) is 2.19. The van der Waals surface area contributed by atoms with Gasteiger partial charge in [0.1, 0.15) is 0 Å². The van der Waals surface area contributed by atoms with Crippen LogP contribution in [-0.4, -0.2) is 31.1 Å². The molecule has 2 atom stereocenters. The van der Waals surface area contributed by atoms with Crippen LogP contribution in [0.2, 0.25) is 0 Å². The van der Waals surface area contributed by atoms with Crippen molar-refractivity contribution in [1.82, 2.24) is 10.2 Å². The van der Waals surface area contributed by atoms with Crippen molar-refractivity contribution >= 4 is 0 Å². The predicted molar refractivity (Wildman–Crippen MR) is 73.2 cm³/mol. The molecule has 1 aromatic carbocycles. The lowest BCUT2D eigenvalue weighted by atomic mass is 10.0. The number of rotatable bonds is 3.